The van der Waals surface area contributed by atoms with Gasteiger partial charge in [0.2, 0.25) is 5.91 Å². The number of thioether (sulfide) groups is 1. The van der Waals surface area contributed by atoms with Crippen molar-refractivity contribution >= 4 is 46.6 Å². The number of hydrogen-bond donors (Lipinski definition) is 1. The Bertz CT molecular complexity index is 990. The molecule has 3 aromatic rings. The molecule has 8 heteroatoms. The Labute approximate surface area is 172 Å². The fourth-order valence-electron chi connectivity index (χ4n) is 2.48. The summed E-state index contributed by atoms with van der Waals surface area (Å²) in [5, 5.41) is 12.8. The van der Waals surface area contributed by atoms with Crippen molar-refractivity contribution in [1.82, 2.24) is 14.8 Å². The topological polar surface area (TPSA) is 59.8 Å². The van der Waals surface area contributed by atoms with E-state index >= 15 is 0 Å². The van der Waals surface area contributed by atoms with Crippen LogP contribution in [0.5, 0.6) is 0 Å². The number of rotatable bonds is 5. The average molecular weight is 421 g/mol. The molecule has 1 unspecified atom stereocenters. The molecule has 140 valence electrons. The SMILES string of the molecule is Cc1c(Cl)cccc1NC(=O)C(C)Sc1nnc(-c2ccccc2Cl)n1C. The Balaban J connectivity index is 1.75. The Hall–Kier alpha value is -2.02. The summed E-state index contributed by atoms with van der Waals surface area (Å²) in [7, 11) is 1.85. The summed E-state index contributed by atoms with van der Waals surface area (Å²) in [5.74, 6) is 0.522. The summed E-state index contributed by atoms with van der Waals surface area (Å²) in [6, 6.07) is 12.9. The Morgan fingerprint density at radius 3 is 2.56 bits per heavy atom. The van der Waals surface area contributed by atoms with Crippen molar-refractivity contribution < 1.29 is 4.79 Å². The molecule has 0 aliphatic heterocycles. The van der Waals surface area contributed by atoms with Crippen LogP contribution >= 0.6 is 35.0 Å². The van der Waals surface area contributed by atoms with Gasteiger partial charge in [0.25, 0.3) is 0 Å². The standard InChI is InChI=1S/C19H18Cl2N4OS/c1-11-14(20)9-6-10-16(11)22-18(26)12(2)27-19-24-23-17(25(19)3)13-7-4-5-8-15(13)21/h4-10,12H,1-3H3,(H,22,26). The third kappa shape index (κ3) is 4.29. The van der Waals surface area contributed by atoms with Gasteiger partial charge in [-0.2, -0.15) is 0 Å². The van der Waals surface area contributed by atoms with E-state index in [0.29, 0.717) is 26.7 Å². The number of amides is 1. The number of carbonyl (C=O) groups is 1. The Kier molecular flexibility index (Phi) is 6.09. The molecule has 0 spiro atoms. The molecule has 27 heavy (non-hydrogen) atoms. The van der Waals surface area contributed by atoms with E-state index in [0.717, 1.165) is 11.1 Å². The molecule has 1 atom stereocenters. The molecule has 0 saturated heterocycles. The van der Waals surface area contributed by atoms with Crippen molar-refractivity contribution in [2.45, 2.75) is 24.3 Å². The number of aromatic nitrogens is 3. The summed E-state index contributed by atoms with van der Waals surface area (Å²) in [4.78, 5) is 12.6. The highest BCUT2D eigenvalue weighted by atomic mass is 35.5. The van der Waals surface area contributed by atoms with Gasteiger partial charge in [0.15, 0.2) is 11.0 Å². The Morgan fingerprint density at radius 1 is 1.11 bits per heavy atom. The van der Waals surface area contributed by atoms with E-state index < -0.39 is 0 Å². The second-order valence-corrected chi connectivity index (χ2v) is 8.13. The van der Waals surface area contributed by atoms with Gasteiger partial charge in [-0.3, -0.25) is 4.79 Å². The molecule has 0 saturated carbocycles. The number of hydrogen-bond acceptors (Lipinski definition) is 4. The lowest BCUT2D eigenvalue weighted by Crippen LogP contribution is -2.23. The van der Waals surface area contributed by atoms with Crippen LogP contribution in [-0.4, -0.2) is 25.9 Å². The van der Waals surface area contributed by atoms with Crippen LogP contribution in [0.25, 0.3) is 11.4 Å². The monoisotopic (exact) mass is 420 g/mol. The van der Waals surface area contributed by atoms with Gasteiger partial charge in [0.1, 0.15) is 0 Å². The molecule has 0 bridgehead atoms. The van der Waals surface area contributed by atoms with Gasteiger partial charge in [0.05, 0.1) is 10.3 Å². The van der Waals surface area contributed by atoms with Gasteiger partial charge in [-0.25, -0.2) is 0 Å². The molecule has 5 nitrogen and oxygen atoms in total. The van der Waals surface area contributed by atoms with Crippen molar-refractivity contribution in [2.75, 3.05) is 5.32 Å². The molecular formula is C19H18Cl2N4OS. The fourth-order valence-corrected chi connectivity index (χ4v) is 3.69. The van der Waals surface area contributed by atoms with Crippen LogP contribution in [0.3, 0.4) is 0 Å². The first kappa shape index (κ1) is 19.7. The zero-order valence-electron chi connectivity index (χ0n) is 15.0. The summed E-state index contributed by atoms with van der Waals surface area (Å²) >= 11 is 13.7. The zero-order chi connectivity index (χ0) is 19.6. The molecular weight excluding hydrogens is 403 g/mol. The van der Waals surface area contributed by atoms with Crippen LogP contribution in [-0.2, 0) is 11.8 Å². The third-order valence-corrected chi connectivity index (χ3v) is 6.00. The highest BCUT2D eigenvalue weighted by Crippen LogP contribution is 2.30. The largest absolute Gasteiger partial charge is 0.325 e. The van der Waals surface area contributed by atoms with Crippen LogP contribution in [0.15, 0.2) is 47.6 Å². The number of halogens is 2. The van der Waals surface area contributed by atoms with Gasteiger partial charge in [-0.1, -0.05) is 53.2 Å². The summed E-state index contributed by atoms with van der Waals surface area (Å²) in [6.45, 7) is 3.69. The van der Waals surface area contributed by atoms with Gasteiger partial charge < -0.3 is 9.88 Å². The number of carbonyl (C=O) groups excluding carboxylic acids is 1. The first-order chi connectivity index (χ1) is 12.9. The minimum atomic E-state index is -0.370. The van der Waals surface area contributed by atoms with Crippen LogP contribution in [0.2, 0.25) is 10.0 Å². The van der Waals surface area contributed by atoms with E-state index in [4.69, 9.17) is 23.2 Å². The zero-order valence-corrected chi connectivity index (χ0v) is 17.4. The van der Waals surface area contributed by atoms with Crippen LogP contribution in [0.4, 0.5) is 5.69 Å². The summed E-state index contributed by atoms with van der Waals surface area (Å²) in [6.07, 6.45) is 0. The maximum Gasteiger partial charge on any atom is 0.237 e. The van der Waals surface area contributed by atoms with Gasteiger partial charge in [-0.05, 0) is 43.7 Å². The third-order valence-electron chi connectivity index (χ3n) is 4.13. The van der Waals surface area contributed by atoms with Crippen LogP contribution < -0.4 is 5.32 Å². The normalized spacial score (nSPS) is 12.0. The lowest BCUT2D eigenvalue weighted by atomic mass is 10.2. The lowest BCUT2D eigenvalue weighted by molar-refractivity contribution is -0.115. The molecule has 0 aliphatic rings. The van der Waals surface area contributed by atoms with Crippen molar-refractivity contribution in [2.24, 2.45) is 7.05 Å². The maximum atomic E-state index is 12.6. The number of anilines is 1. The number of benzene rings is 2. The molecule has 0 aliphatic carbocycles. The Morgan fingerprint density at radius 2 is 1.81 bits per heavy atom. The van der Waals surface area contributed by atoms with Gasteiger partial charge in [0, 0.05) is 23.3 Å². The van der Waals surface area contributed by atoms with Gasteiger partial charge >= 0.3 is 0 Å². The molecule has 1 amide bonds. The molecule has 1 N–H and O–H groups in total. The lowest BCUT2D eigenvalue weighted by Gasteiger charge is -2.14. The summed E-state index contributed by atoms with van der Waals surface area (Å²) < 4.78 is 1.83. The van der Waals surface area contributed by atoms with Crippen molar-refractivity contribution in [3.8, 4) is 11.4 Å². The van der Waals surface area contributed by atoms with Gasteiger partial charge in [-0.15, -0.1) is 10.2 Å². The predicted octanol–water partition coefficient (Wildman–Crippen LogP) is 5.22. The van der Waals surface area contributed by atoms with E-state index in [1.54, 1.807) is 12.1 Å². The molecule has 0 fully saturated rings. The molecule has 1 heterocycles. The van der Waals surface area contributed by atoms with Crippen molar-refractivity contribution in [3.05, 3.63) is 58.1 Å². The summed E-state index contributed by atoms with van der Waals surface area (Å²) in [5.41, 5.74) is 2.34. The van der Waals surface area contributed by atoms with E-state index in [2.05, 4.69) is 15.5 Å². The first-order valence-corrected chi connectivity index (χ1v) is 9.89. The second-order valence-electron chi connectivity index (χ2n) is 6.01. The average Bonchev–Trinajstić information content (AvgIpc) is 3.00. The fraction of sp³-hybridized carbons (Fsp3) is 0.211. The van der Waals surface area contributed by atoms with E-state index in [1.165, 1.54) is 11.8 Å². The highest BCUT2D eigenvalue weighted by molar-refractivity contribution is 8.00. The van der Waals surface area contributed by atoms with Crippen molar-refractivity contribution in [1.29, 1.82) is 0 Å². The molecule has 3 rings (SSSR count). The molecule has 0 radical (unpaired) electrons. The highest BCUT2D eigenvalue weighted by Gasteiger charge is 2.20. The first-order valence-electron chi connectivity index (χ1n) is 8.25. The van der Waals surface area contributed by atoms with E-state index in [-0.39, 0.29) is 11.2 Å². The minimum absolute atomic E-state index is 0.132. The quantitative estimate of drug-likeness (QED) is 0.574. The van der Waals surface area contributed by atoms with E-state index in [9.17, 15) is 4.79 Å². The van der Waals surface area contributed by atoms with Crippen LogP contribution in [0.1, 0.15) is 12.5 Å². The number of nitrogens with zero attached hydrogens (tertiary/aromatic N) is 3. The smallest absolute Gasteiger partial charge is 0.237 e. The molecule has 1 aromatic heterocycles. The van der Waals surface area contributed by atoms with E-state index in [1.807, 2.05) is 55.8 Å². The maximum absolute atomic E-state index is 12.6. The second kappa shape index (κ2) is 8.33. The molecule has 2 aromatic carbocycles. The number of nitrogens with one attached hydrogen (secondary N) is 1. The minimum Gasteiger partial charge on any atom is -0.325 e. The van der Waals surface area contributed by atoms with Crippen molar-refractivity contribution in [3.63, 3.8) is 0 Å². The van der Waals surface area contributed by atoms with Crippen LogP contribution in [0, 0.1) is 6.92 Å². The predicted molar refractivity (Wildman–Crippen MR) is 112 cm³/mol.